The number of carbonyl (C=O) groups is 1. The van der Waals surface area contributed by atoms with Crippen LogP contribution >= 0.6 is 0 Å². The van der Waals surface area contributed by atoms with Crippen LogP contribution in [0.15, 0.2) is 48.5 Å². The van der Waals surface area contributed by atoms with Gasteiger partial charge in [0.1, 0.15) is 5.75 Å². The van der Waals surface area contributed by atoms with Gasteiger partial charge in [0.05, 0.1) is 12.7 Å². The zero-order chi connectivity index (χ0) is 15.2. The molecule has 2 aromatic carbocycles. The molecule has 0 radical (unpaired) electrons. The van der Waals surface area contributed by atoms with E-state index in [1.54, 1.807) is 18.2 Å². The third kappa shape index (κ3) is 3.83. The standard InChI is InChI=1S/C17H19NO3/c1-12(13-7-5-8-15(19)10-13)18-11-14-6-3-4-9-16(14)17(20)21-2/h3-10,12,18-19H,11H2,1-2H3. The van der Waals surface area contributed by atoms with Crippen LogP contribution in [0.1, 0.15) is 34.5 Å². The van der Waals surface area contributed by atoms with E-state index < -0.39 is 0 Å². The van der Waals surface area contributed by atoms with Gasteiger partial charge in [0.25, 0.3) is 0 Å². The molecule has 0 bridgehead atoms. The number of methoxy groups -OCH3 is 1. The van der Waals surface area contributed by atoms with Gasteiger partial charge in [-0.2, -0.15) is 0 Å². The van der Waals surface area contributed by atoms with Crippen molar-refractivity contribution in [3.63, 3.8) is 0 Å². The van der Waals surface area contributed by atoms with Crippen LogP contribution in [0.5, 0.6) is 5.75 Å². The Balaban J connectivity index is 2.08. The van der Waals surface area contributed by atoms with Crippen molar-refractivity contribution in [2.24, 2.45) is 0 Å². The van der Waals surface area contributed by atoms with Crippen LogP contribution in [-0.2, 0) is 11.3 Å². The van der Waals surface area contributed by atoms with Crippen molar-refractivity contribution in [1.29, 1.82) is 0 Å². The molecule has 0 amide bonds. The van der Waals surface area contributed by atoms with Gasteiger partial charge in [-0.25, -0.2) is 4.79 Å². The van der Waals surface area contributed by atoms with Gasteiger partial charge in [0.15, 0.2) is 0 Å². The van der Waals surface area contributed by atoms with Crippen LogP contribution in [0.25, 0.3) is 0 Å². The fourth-order valence-electron chi connectivity index (χ4n) is 2.16. The van der Waals surface area contributed by atoms with Crippen molar-refractivity contribution in [3.05, 3.63) is 65.2 Å². The monoisotopic (exact) mass is 285 g/mol. The van der Waals surface area contributed by atoms with Crippen molar-refractivity contribution < 1.29 is 14.6 Å². The minimum atomic E-state index is -0.336. The molecule has 1 atom stereocenters. The Bertz CT molecular complexity index is 625. The lowest BCUT2D eigenvalue weighted by Crippen LogP contribution is -2.20. The average molecular weight is 285 g/mol. The maximum atomic E-state index is 11.7. The third-order valence-corrected chi connectivity index (χ3v) is 3.39. The van der Waals surface area contributed by atoms with Gasteiger partial charge in [-0.05, 0) is 36.2 Å². The lowest BCUT2D eigenvalue weighted by atomic mass is 10.1. The number of hydrogen-bond donors (Lipinski definition) is 2. The van der Waals surface area contributed by atoms with E-state index in [1.165, 1.54) is 7.11 Å². The first-order chi connectivity index (χ1) is 10.1. The van der Waals surface area contributed by atoms with Crippen LogP contribution in [0.3, 0.4) is 0 Å². The summed E-state index contributed by atoms with van der Waals surface area (Å²) < 4.78 is 4.78. The number of carbonyl (C=O) groups excluding carboxylic acids is 1. The minimum Gasteiger partial charge on any atom is -0.508 e. The number of nitrogens with one attached hydrogen (secondary N) is 1. The lowest BCUT2D eigenvalue weighted by molar-refractivity contribution is 0.0599. The largest absolute Gasteiger partial charge is 0.508 e. The highest BCUT2D eigenvalue weighted by molar-refractivity contribution is 5.90. The molecule has 0 heterocycles. The Morgan fingerprint density at radius 2 is 2.00 bits per heavy atom. The van der Waals surface area contributed by atoms with Crippen molar-refractivity contribution >= 4 is 5.97 Å². The summed E-state index contributed by atoms with van der Waals surface area (Å²) in [6, 6.07) is 14.5. The summed E-state index contributed by atoms with van der Waals surface area (Å²) in [5.41, 5.74) is 2.44. The van der Waals surface area contributed by atoms with Crippen molar-refractivity contribution in [1.82, 2.24) is 5.32 Å². The molecule has 0 spiro atoms. The van der Waals surface area contributed by atoms with Gasteiger partial charge in [0, 0.05) is 12.6 Å². The van der Waals surface area contributed by atoms with Crippen molar-refractivity contribution in [3.8, 4) is 5.75 Å². The molecule has 110 valence electrons. The predicted molar refractivity (Wildman–Crippen MR) is 81.1 cm³/mol. The first-order valence-electron chi connectivity index (χ1n) is 6.80. The Morgan fingerprint density at radius 1 is 1.24 bits per heavy atom. The highest BCUT2D eigenvalue weighted by Crippen LogP contribution is 2.19. The molecule has 0 aliphatic carbocycles. The summed E-state index contributed by atoms with van der Waals surface area (Å²) >= 11 is 0. The number of aromatic hydroxyl groups is 1. The molecule has 2 rings (SSSR count). The Morgan fingerprint density at radius 3 is 2.71 bits per heavy atom. The second-order valence-electron chi connectivity index (χ2n) is 4.85. The third-order valence-electron chi connectivity index (χ3n) is 3.39. The second kappa shape index (κ2) is 6.90. The molecule has 1 unspecified atom stereocenters. The average Bonchev–Trinajstić information content (AvgIpc) is 2.52. The van der Waals surface area contributed by atoms with Crippen LogP contribution in [0.4, 0.5) is 0 Å². The number of ether oxygens (including phenoxy) is 1. The van der Waals surface area contributed by atoms with E-state index in [-0.39, 0.29) is 17.8 Å². The smallest absolute Gasteiger partial charge is 0.338 e. The molecule has 0 fully saturated rings. The fourth-order valence-corrected chi connectivity index (χ4v) is 2.16. The zero-order valence-electron chi connectivity index (χ0n) is 12.2. The Hall–Kier alpha value is -2.33. The molecule has 0 aliphatic heterocycles. The Kier molecular flexibility index (Phi) is 4.95. The number of benzene rings is 2. The molecule has 4 heteroatoms. The van der Waals surface area contributed by atoms with Gasteiger partial charge in [-0.1, -0.05) is 30.3 Å². The molecule has 2 aromatic rings. The van der Waals surface area contributed by atoms with Crippen LogP contribution in [0, 0.1) is 0 Å². The molecule has 2 N–H and O–H groups in total. The van der Waals surface area contributed by atoms with E-state index in [0.29, 0.717) is 12.1 Å². The normalized spacial score (nSPS) is 11.9. The number of rotatable bonds is 5. The fraction of sp³-hybridized carbons (Fsp3) is 0.235. The van der Waals surface area contributed by atoms with Crippen LogP contribution in [0.2, 0.25) is 0 Å². The molecule has 4 nitrogen and oxygen atoms in total. The van der Waals surface area contributed by atoms with Crippen molar-refractivity contribution in [2.45, 2.75) is 19.5 Å². The summed E-state index contributed by atoms with van der Waals surface area (Å²) in [5, 5.41) is 12.8. The summed E-state index contributed by atoms with van der Waals surface area (Å²) in [6.45, 7) is 2.55. The first-order valence-corrected chi connectivity index (χ1v) is 6.80. The number of phenols is 1. The van der Waals surface area contributed by atoms with E-state index in [1.807, 2.05) is 37.3 Å². The van der Waals surface area contributed by atoms with Crippen LogP contribution in [-0.4, -0.2) is 18.2 Å². The van der Waals surface area contributed by atoms with Gasteiger partial charge in [-0.15, -0.1) is 0 Å². The predicted octanol–water partition coefficient (Wildman–Crippen LogP) is 3.03. The summed E-state index contributed by atoms with van der Waals surface area (Å²) in [7, 11) is 1.38. The first kappa shape index (κ1) is 15.1. The maximum absolute atomic E-state index is 11.7. The Labute approximate surface area is 124 Å². The van der Waals surface area contributed by atoms with Gasteiger partial charge in [0.2, 0.25) is 0 Å². The molecule has 0 aliphatic rings. The summed E-state index contributed by atoms with van der Waals surface area (Å²) in [4.78, 5) is 11.7. The van der Waals surface area contributed by atoms with Crippen LogP contribution < -0.4 is 5.32 Å². The second-order valence-corrected chi connectivity index (χ2v) is 4.85. The molecule has 0 saturated carbocycles. The molecular weight excluding hydrogens is 266 g/mol. The minimum absolute atomic E-state index is 0.0582. The SMILES string of the molecule is COC(=O)c1ccccc1CNC(C)c1cccc(O)c1. The van der Waals surface area contributed by atoms with Gasteiger partial charge >= 0.3 is 5.97 Å². The molecular formula is C17H19NO3. The lowest BCUT2D eigenvalue weighted by Gasteiger charge is -2.16. The highest BCUT2D eigenvalue weighted by atomic mass is 16.5. The van der Waals surface area contributed by atoms with Crippen molar-refractivity contribution in [2.75, 3.05) is 7.11 Å². The molecule has 21 heavy (non-hydrogen) atoms. The summed E-state index contributed by atoms with van der Waals surface area (Å²) in [6.07, 6.45) is 0. The quantitative estimate of drug-likeness (QED) is 0.829. The molecule has 0 aromatic heterocycles. The van der Waals surface area contributed by atoms with E-state index >= 15 is 0 Å². The van der Waals surface area contributed by atoms with Gasteiger partial charge < -0.3 is 15.2 Å². The maximum Gasteiger partial charge on any atom is 0.338 e. The zero-order valence-corrected chi connectivity index (χ0v) is 12.2. The number of esters is 1. The molecule has 0 saturated heterocycles. The van der Waals surface area contributed by atoms with E-state index in [0.717, 1.165) is 11.1 Å². The number of hydrogen-bond acceptors (Lipinski definition) is 4. The topological polar surface area (TPSA) is 58.6 Å². The summed E-state index contributed by atoms with van der Waals surface area (Å²) in [5.74, 6) is -0.0893. The van der Waals surface area contributed by atoms with Gasteiger partial charge in [-0.3, -0.25) is 0 Å². The van der Waals surface area contributed by atoms with E-state index in [9.17, 15) is 9.90 Å². The highest BCUT2D eigenvalue weighted by Gasteiger charge is 2.12. The van der Waals surface area contributed by atoms with E-state index in [4.69, 9.17) is 4.74 Å². The van der Waals surface area contributed by atoms with E-state index in [2.05, 4.69) is 5.32 Å². The number of phenolic OH excluding ortho intramolecular Hbond substituents is 1.